The molecule has 9 nitrogen and oxygen atoms in total. The molecular formula is C27H32N4O5S. The lowest BCUT2D eigenvalue weighted by molar-refractivity contribution is -0.118. The number of amides is 1. The van der Waals surface area contributed by atoms with E-state index in [1.165, 1.54) is 12.1 Å². The predicted octanol–water partition coefficient (Wildman–Crippen LogP) is 3.89. The number of nitrogens with one attached hydrogen (secondary N) is 2. The highest BCUT2D eigenvalue weighted by Crippen LogP contribution is 2.33. The summed E-state index contributed by atoms with van der Waals surface area (Å²) in [6.07, 6.45) is 4.29. The number of likely N-dealkylation sites (N-methyl/N-ethyl adjacent to an activating group) is 1. The Morgan fingerprint density at radius 1 is 1.11 bits per heavy atom. The molecule has 1 amide bonds. The Labute approximate surface area is 217 Å². The van der Waals surface area contributed by atoms with Gasteiger partial charge in [-0.15, -0.1) is 0 Å². The van der Waals surface area contributed by atoms with Crippen molar-refractivity contribution < 1.29 is 22.7 Å². The fourth-order valence-electron chi connectivity index (χ4n) is 4.27. The molecule has 0 spiro atoms. The van der Waals surface area contributed by atoms with Gasteiger partial charge in [0.1, 0.15) is 24.2 Å². The van der Waals surface area contributed by atoms with Crippen LogP contribution in [0.5, 0.6) is 5.75 Å². The largest absolute Gasteiger partial charge is 0.490 e. The van der Waals surface area contributed by atoms with Crippen LogP contribution in [0.25, 0.3) is 10.9 Å². The number of aromatic nitrogens is 1. The molecule has 1 aromatic heterocycles. The van der Waals surface area contributed by atoms with E-state index < -0.39 is 22.0 Å². The Balaban J connectivity index is 1.51. The topological polar surface area (TPSA) is 118 Å². The predicted molar refractivity (Wildman–Crippen MR) is 143 cm³/mol. The van der Waals surface area contributed by atoms with E-state index in [-0.39, 0.29) is 17.1 Å². The van der Waals surface area contributed by atoms with E-state index in [0.717, 1.165) is 16.6 Å². The summed E-state index contributed by atoms with van der Waals surface area (Å²) < 4.78 is 34.9. The summed E-state index contributed by atoms with van der Waals surface area (Å²) >= 11 is 0. The first-order valence-electron chi connectivity index (χ1n) is 12.4. The van der Waals surface area contributed by atoms with E-state index in [4.69, 9.17) is 4.74 Å². The summed E-state index contributed by atoms with van der Waals surface area (Å²) in [5, 5.41) is 3.67. The average molecular weight is 525 g/mol. The van der Waals surface area contributed by atoms with Gasteiger partial charge in [0.2, 0.25) is 15.9 Å². The lowest BCUT2D eigenvalue weighted by Crippen LogP contribution is -2.43. The zero-order valence-electron chi connectivity index (χ0n) is 21.1. The van der Waals surface area contributed by atoms with Gasteiger partial charge in [0.05, 0.1) is 34.5 Å². The van der Waals surface area contributed by atoms with E-state index in [1.54, 1.807) is 25.3 Å². The lowest BCUT2D eigenvalue weighted by atomic mass is 10.1. The number of fused-ring (bicyclic) bond motifs is 2. The van der Waals surface area contributed by atoms with Crippen molar-refractivity contribution in [3.63, 3.8) is 0 Å². The first-order valence-corrected chi connectivity index (χ1v) is 13.9. The van der Waals surface area contributed by atoms with Gasteiger partial charge in [-0.05, 0) is 44.0 Å². The van der Waals surface area contributed by atoms with Crippen LogP contribution in [0.4, 0.5) is 11.4 Å². The molecule has 1 aliphatic heterocycles. The Morgan fingerprint density at radius 2 is 1.92 bits per heavy atom. The van der Waals surface area contributed by atoms with Gasteiger partial charge in [-0.2, -0.15) is 4.72 Å². The number of para-hydroxylation sites is 1. The van der Waals surface area contributed by atoms with Crippen molar-refractivity contribution in [2.45, 2.75) is 50.0 Å². The molecule has 3 aromatic rings. The molecule has 2 aromatic carbocycles. The summed E-state index contributed by atoms with van der Waals surface area (Å²) in [6, 6.07) is 13.0. The Kier molecular flexibility index (Phi) is 8.40. The molecule has 10 heteroatoms. The van der Waals surface area contributed by atoms with Crippen LogP contribution in [0.15, 0.2) is 59.6 Å². The maximum atomic E-state index is 13.3. The van der Waals surface area contributed by atoms with E-state index in [9.17, 15) is 18.0 Å². The summed E-state index contributed by atoms with van der Waals surface area (Å²) in [4.78, 5) is 30.9. The second-order valence-electron chi connectivity index (χ2n) is 9.28. The van der Waals surface area contributed by atoms with Crippen LogP contribution in [-0.4, -0.2) is 51.3 Å². The maximum Gasteiger partial charge on any atom is 0.242 e. The highest BCUT2D eigenvalue weighted by Gasteiger charge is 2.27. The Hall–Kier alpha value is -3.50. The number of unbranched alkanes of at least 4 members (excludes halogenated alkanes) is 2. The zero-order valence-corrected chi connectivity index (χ0v) is 21.9. The SMILES string of the molecule is CC(=O)CCCCCC(NS(=O)(=O)c1ccc2c(c1)OCCN2C)C(=O)Nc1cnc2ccccc2c1. The average Bonchev–Trinajstić information content (AvgIpc) is 2.87. The molecule has 1 unspecified atom stereocenters. The third-order valence-electron chi connectivity index (χ3n) is 6.33. The molecule has 0 saturated carbocycles. The number of ketones is 1. The molecule has 1 aliphatic rings. The van der Waals surface area contributed by atoms with Crippen LogP contribution in [0.2, 0.25) is 0 Å². The number of Topliss-reactive ketones (excluding diaryl/α,β-unsaturated/α-hetero) is 1. The third kappa shape index (κ3) is 6.84. The summed E-state index contributed by atoms with van der Waals surface area (Å²) in [6.45, 7) is 2.72. The van der Waals surface area contributed by atoms with Gasteiger partial charge in [-0.1, -0.05) is 31.0 Å². The first-order chi connectivity index (χ1) is 17.7. The third-order valence-corrected chi connectivity index (χ3v) is 7.80. The van der Waals surface area contributed by atoms with Crippen molar-refractivity contribution in [1.82, 2.24) is 9.71 Å². The summed E-state index contributed by atoms with van der Waals surface area (Å²) in [5.74, 6) is 0.129. The number of carbonyl (C=O) groups excluding carboxylic acids is 2. The molecule has 196 valence electrons. The van der Waals surface area contributed by atoms with Gasteiger partial charge in [-0.3, -0.25) is 9.78 Å². The quantitative estimate of drug-likeness (QED) is 0.366. The van der Waals surface area contributed by atoms with Crippen molar-refractivity contribution >= 4 is 44.0 Å². The van der Waals surface area contributed by atoms with Crippen LogP contribution in [0.1, 0.15) is 39.0 Å². The van der Waals surface area contributed by atoms with Crippen molar-refractivity contribution in [3.05, 3.63) is 54.7 Å². The fourth-order valence-corrected chi connectivity index (χ4v) is 5.52. The number of anilines is 2. The standard InChI is InChI=1S/C27H32N4O5S/c1-19(32)8-4-3-5-11-24(27(33)29-21-16-20-9-6-7-10-23(20)28-18-21)30-37(34,35)22-12-13-25-26(17-22)36-15-14-31(25)2/h6-7,9-10,12-13,16-18,24,30H,3-5,8,11,14-15H2,1-2H3,(H,29,33). The van der Waals surface area contributed by atoms with Crippen LogP contribution >= 0.6 is 0 Å². The zero-order chi connectivity index (χ0) is 26.4. The highest BCUT2D eigenvalue weighted by atomic mass is 32.2. The smallest absolute Gasteiger partial charge is 0.242 e. The van der Waals surface area contributed by atoms with Gasteiger partial charge in [-0.25, -0.2) is 8.42 Å². The second-order valence-corrected chi connectivity index (χ2v) is 11.0. The molecule has 2 N–H and O–H groups in total. The Morgan fingerprint density at radius 3 is 2.73 bits per heavy atom. The molecule has 37 heavy (non-hydrogen) atoms. The summed E-state index contributed by atoms with van der Waals surface area (Å²) in [5.41, 5.74) is 2.09. The van der Waals surface area contributed by atoms with Crippen LogP contribution in [0.3, 0.4) is 0 Å². The van der Waals surface area contributed by atoms with Crippen LogP contribution < -0.4 is 19.7 Å². The molecule has 0 fully saturated rings. The van der Waals surface area contributed by atoms with Gasteiger partial charge >= 0.3 is 0 Å². The molecule has 0 saturated heterocycles. The van der Waals surface area contributed by atoms with Crippen LogP contribution in [0, 0.1) is 0 Å². The molecular weight excluding hydrogens is 492 g/mol. The van der Waals surface area contributed by atoms with Gasteiger partial charge < -0.3 is 19.7 Å². The molecule has 1 atom stereocenters. The summed E-state index contributed by atoms with van der Waals surface area (Å²) in [7, 11) is -2.10. The first kappa shape index (κ1) is 26.6. The molecule has 0 radical (unpaired) electrons. The minimum atomic E-state index is -4.02. The van der Waals surface area contributed by atoms with Crippen molar-refractivity contribution in [1.29, 1.82) is 0 Å². The monoisotopic (exact) mass is 524 g/mol. The minimum absolute atomic E-state index is 0.0308. The number of carbonyl (C=O) groups is 2. The number of ether oxygens (including phenoxy) is 1. The number of benzene rings is 2. The number of hydrogen-bond donors (Lipinski definition) is 2. The normalized spacial score (nSPS) is 14.1. The molecule has 0 aliphatic carbocycles. The fraction of sp³-hybridized carbons (Fsp3) is 0.370. The van der Waals surface area contributed by atoms with E-state index in [2.05, 4.69) is 15.0 Å². The number of hydrogen-bond acceptors (Lipinski definition) is 7. The van der Waals surface area contributed by atoms with Crippen LogP contribution in [-0.2, 0) is 19.6 Å². The molecule has 0 bridgehead atoms. The number of nitrogens with zero attached hydrogens (tertiary/aromatic N) is 2. The van der Waals surface area contributed by atoms with Crippen molar-refractivity contribution in [3.8, 4) is 5.75 Å². The van der Waals surface area contributed by atoms with Crippen molar-refractivity contribution in [2.24, 2.45) is 0 Å². The van der Waals surface area contributed by atoms with E-state index in [1.807, 2.05) is 36.2 Å². The number of sulfonamides is 1. The maximum absolute atomic E-state index is 13.3. The van der Waals surface area contributed by atoms with Gasteiger partial charge in [0, 0.05) is 24.9 Å². The molecule has 4 rings (SSSR count). The van der Waals surface area contributed by atoms with Gasteiger partial charge in [0.15, 0.2) is 0 Å². The number of rotatable bonds is 11. The lowest BCUT2D eigenvalue weighted by Gasteiger charge is -2.28. The second kappa shape index (κ2) is 11.7. The van der Waals surface area contributed by atoms with Crippen molar-refractivity contribution in [2.75, 3.05) is 30.4 Å². The minimum Gasteiger partial charge on any atom is -0.490 e. The number of pyridine rings is 1. The van der Waals surface area contributed by atoms with Gasteiger partial charge in [0.25, 0.3) is 0 Å². The van der Waals surface area contributed by atoms with E-state index >= 15 is 0 Å². The Bertz CT molecular complexity index is 1390. The highest BCUT2D eigenvalue weighted by molar-refractivity contribution is 7.89. The van der Waals surface area contributed by atoms with E-state index in [0.29, 0.717) is 50.3 Å². The molecule has 2 heterocycles.